The molecule has 0 aliphatic rings. The van der Waals surface area contributed by atoms with E-state index in [0.29, 0.717) is 5.69 Å². The topological polar surface area (TPSA) is 22.1 Å². The van der Waals surface area contributed by atoms with E-state index in [9.17, 15) is 8.78 Å². The van der Waals surface area contributed by atoms with Gasteiger partial charge in [0.25, 0.3) is 6.43 Å². The van der Waals surface area contributed by atoms with E-state index >= 15 is 0 Å². The summed E-state index contributed by atoms with van der Waals surface area (Å²) in [5.41, 5.74) is 0.185. The zero-order valence-corrected chi connectivity index (χ0v) is 6.84. The summed E-state index contributed by atoms with van der Waals surface area (Å²) >= 11 is 0. The van der Waals surface area contributed by atoms with Gasteiger partial charge >= 0.3 is 0 Å². The van der Waals surface area contributed by atoms with Crippen LogP contribution in [0.5, 0.6) is 5.75 Å². The molecule has 0 bridgehead atoms. The lowest BCUT2D eigenvalue weighted by Gasteiger charge is -2.08. The number of rotatable bonds is 2. The average Bonchev–Trinajstić information content (AvgIpc) is 2.03. The Bertz CT molecular complexity index is 276. The van der Waals surface area contributed by atoms with Crippen molar-refractivity contribution in [2.75, 3.05) is 7.11 Å². The molecule has 1 aromatic rings. The third-order valence-corrected chi connectivity index (χ3v) is 1.59. The normalized spacial score (nSPS) is 10.4. The summed E-state index contributed by atoms with van der Waals surface area (Å²) in [6.07, 6.45) is -1.09. The summed E-state index contributed by atoms with van der Waals surface area (Å²) in [5.74, 6) is 0.192. The molecule has 0 aliphatic heterocycles. The summed E-state index contributed by atoms with van der Waals surface area (Å²) in [4.78, 5) is 3.75. The number of pyridine rings is 1. The van der Waals surface area contributed by atoms with Crippen molar-refractivity contribution in [3.63, 3.8) is 0 Å². The van der Waals surface area contributed by atoms with Crippen LogP contribution in [-0.4, -0.2) is 12.1 Å². The molecule has 0 saturated carbocycles. The molecule has 1 heterocycles. The van der Waals surface area contributed by atoms with Crippen molar-refractivity contribution in [2.24, 2.45) is 0 Å². The Morgan fingerprint density at radius 1 is 1.50 bits per heavy atom. The first kappa shape index (κ1) is 8.90. The maximum absolute atomic E-state index is 12.4. The van der Waals surface area contributed by atoms with E-state index in [2.05, 4.69) is 4.98 Å². The average molecular weight is 173 g/mol. The van der Waals surface area contributed by atoms with Crippen LogP contribution in [0.3, 0.4) is 0 Å². The first-order chi connectivity index (χ1) is 5.66. The van der Waals surface area contributed by atoms with Gasteiger partial charge in [0.15, 0.2) is 0 Å². The van der Waals surface area contributed by atoms with E-state index in [1.807, 2.05) is 0 Å². The van der Waals surface area contributed by atoms with Gasteiger partial charge in [-0.25, -0.2) is 8.78 Å². The molecule has 0 N–H and O–H groups in total. The van der Waals surface area contributed by atoms with Gasteiger partial charge in [-0.2, -0.15) is 0 Å². The maximum Gasteiger partial charge on any atom is 0.269 e. The van der Waals surface area contributed by atoms with E-state index in [1.165, 1.54) is 26.3 Å². The van der Waals surface area contributed by atoms with E-state index in [-0.39, 0.29) is 11.3 Å². The molecule has 66 valence electrons. The van der Waals surface area contributed by atoms with Crippen LogP contribution in [0.15, 0.2) is 12.3 Å². The Hall–Kier alpha value is -1.19. The van der Waals surface area contributed by atoms with Crippen molar-refractivity contribution in [3.05, 3.63) is 23.5 Å². The standard InChI is InChI=1S/C8H9F2NO/c1-5-7(8(9)10)6(12-2)3-4-11-5/h3-4,8H,1-2H3. The van der Waals surface area contributed by atoms with Crippen LogP contribution < -0.4 is 4.74 Å². The fourth-order valence-electron chi connectivity index (χ4n) is 0.998. The zero-order valence-electron chi connectivity index (χ0n) is 6.84. The Labute approximate surface area is 69.2 Å². The molecule has 4 heteroatoms. The fourth-order valence-corrected chi connectivity index (χ4v) is 0.998. The highest BCUT2D eigenvalue weighted by atomic mass is 19.3. The van der Waals surface area contributed by atoms with Gasteiger partial charge in [0.1, 0.15) is 5.75 Å². The second-order valence-electron chi connectivity index (χ2n) is 2.31. The van der Waals surface area contributed by atoms with Gasteiger partial charge in [-0.3, -0.25) is 4.98 Å². The highest BCUT2D eigenvalue weighted by Crippen LogP contribution is 2.29. The molecule has 1 rings (SSSR count). The molecule has 0 amide bonds. The first-order valence-corrected chi connectivity index (χ1v) is 3.44. The number of hydrogen-bond acceptors (Lipinski definition) is 2. The molecule has 0 spiro atoms. The Kier molecular flexibility index (Phi) is 2.58. The number of aryl methyl sites for hydroxylation is 1. The van der Waals surface area contributed by atoms with Crippen LogP contribution in [0, 0.1) is 6.92 Å². The molecule has 1 aromatic heterocycles. The van der Waals surface area contributed by atoms with E-state index in [4.69, 9.17) is 4.74 Å². The number of halogens is 2. The lowest BCUT2D eigenvalue weighted by molar-refractivity contribution is 0.145. The van der Waals surface area contributed by atoms with Gasteiger partial charge in [-0.15, -0.1) is 0 Å². The number of ether oxygens (including phenoxy) is 1. The molecule has 0 aromatic carbocycles. The molecule has 0 radical (unpaired) electrons. The largest absolute Gasteiger partial charge is 0.496 e. The molecule has 2 nitrogen and oxygen atoms in total. The highest BCUT2D eigenvalue weighted by molar-refractivity contribution is 5.36. The second-order valence-corrected chi connectivity index (χ2v) is 2.31. The predicted octanol–water partition coefficient (Wildman–Crippen LogP) is 2.34. The van der Waals surface area contributed by atoms with Crippen molar-refractivity contribution in [1.29, 1.82) is 0 Å². The molecule has 12 heavy (non-hydrogen) atoms. The van der Waals surface area contributed by atoms with Crippen LogP contribution in [-0.2, 0) is 0 Å². The molecule has 0 fully saturated rings. The van der Waals surface area contributed by atoms with Crippen LogP contribution in [0.25, 0.3) is 0 Å². The van der Waals surface area contributed by atoms with Gasteiger partial charge in [-0.05, 0) is 13.0 Å². The highest BCUT2D eigenvalue weighted by Gasteiger charge is 2.16. The van der Waals surface area contributed by atoms with Crippen LogP contribution in [0.2, 0.25) is 0 Å². The minimum Gasteiger partial charge on any atom is -0.496 e. The Morgan fingerprint density at radius 2 is 2.17 bits per heavy atom. The quantitative estimate of drug-likeness (QED) is 0.684. The van der Waals surface area contributed by atoms with Crippen molar-refractivity contribution >= 4 is 0 Å². The Balaban J connectivity index is 3.20. The molecule has 0 aliphatic carbocycles. The van der Waals surface area contributed by atoms with E-state index in [1.54, 1.807) is 0 Å². The number of aromatic nitrogens is 1. The maximum atomic E-state index is 12.4. The minimum atomic E-state index is -2.53. The van der Waals surface area contributed by atoms with E-state index in [0.717, 1.165) is 0 Å². The monoisotopic (exact) mass is 173 g/mol. The molecular formula is C8H9F2NO. The number of methoxy groups -OCH3 is 1. The van der Waals surface area contributed by atoms with Crippen LogP contribution in [0.4, 0.5) is 8.78 Å². The lowest BCUT2D eigenvalue weighted by Crippen LogP contribution is -1.97. The summed E-state index contributed by atoms with van der Waals surface area (Å²) in [6, 6.07) is 1.43. The van der Waals surface area contributed by atoms with Crippen molar-refractivity contribution < 1.29 is 13.5 Å². The summed E-state index contributed by atoms with van der Waals surface area (Å²) in [5, 5.41) is 0. The zero-order chi connectivity index (χ0) is 9.14. The summed E-state index contributed by atoms with van der Waals surface area (Å²) < 4.78 is 29.5. The number of nitrogens with zero attached hydrogens (tertiary/aromatic N) is 1. The predicted molar refractivity (Wildman–Crippen MR) is 40.5 cm³/mol. The van der Waals surface area contributed by atoms with Gasteiger partial charge in [0, 0.05) is 11.9 Å². The van der Waals surface area contributed by atoms with Gasteiger partial charge < -0.3 is 4.74 Å². The van der Waals surface area contributed by atoms with Crippen LogP contribution in [0.1, 0.15) is 17.7 Å². The lowest BCUT2D eigenvalue weighted by atomic mass is 10.2. The van der Waals surface area contributed by atoms with Crippen molar-refractivity contribution in [3.8, 4) is 5.75 Å². The van der Waals surface area contributed by atoms with Gasteiger partial charge in [-0.1, -0.05) is 0 Å². The van der Waals surface area contributed by atoms with Gasteiger partial charge in [0.2, 0.25) is 0 Å². The van der Waals surface area contributed by atoms with Crippen molar-refractivity contribution in [2.45, 2.75) is 13.3 Å². The first-order valence-electron chi connectivity index (χ1n) is 3.44. The SMILES string of the molecule is COc1ccnc(C)c1C(F)F. The third-order valence-electron chi connectivity index (χ3n) is 1.59. The summed E-state index contributed by atoms with van der Waals surface area (Å²) in [7, 11) is 1.36. The number of alkyl halides is 2. The third kappa shape index (κ3) is 1.52. The Morgan fingerprint density at radius 3 is 2.58 bits per heavy atom. The second kappa shape index (κ2) is 3.47. The number of hydrogen-bond donors (Lipinski definition) is 0. The molecule has 0 saturated heterocycles. The summed E-state index contributed by atoms with van der Waals surface area (Å²) in [6.45, 7) is 1.53. The van der Waals surface area contributed by atoms with Gasteiger partial charge in [0.05, 0.1) is 12.7 Å². The van der Waals surface area contributed by atoms with Crippen LogP contribution >= 0.6 is 0 Å². The molecule has 0 unspecified atom stereocenters. The fraction of sp³-hybridized carbons (Fsp3) is 0.375. The minimum absolute atomic E-state index is 0.125. The smallest absolute Gasteiger partial charge is 0.269 e. The van der Waals surface area contributed by atoms with E-state index < -0.39 is 6.43 Å². The molecular weight excluding hydrogens is 164 g/mol. The molecule has 0 atom stereocenters. The van der Waals surface area contributed by atoms with Crippen molar-refractivity contribution in [1.82, 2.24) is 4.98 Å².